The van der Waals surface area contributed by atoms with Crippen molar-refractivity contribution in [2.24, 2.45) is 0 Å². The third-order valence-electron chi connectivity index (χ3n) is 5.80. The van der Waals surface area contributed by atoms with Crippen LogP contribution in [0.3, 0.4) is 0 Å². The first-order chi connectivity index (χ1) is 16.5. The molecule has 188 valence electrons. The third-order valence-corrected chi connectivity index (χ3v) is 7.48. The Morgan fingerprint density at radius 1 is 1.23 bits per heavy atom. The minimum absolute atomic E-state index is 0.0847. The van der Waals surface area contributed by atoms with Gasteiger partial charge < -0.3 is 15.2 Å². The summed E-state index contributed by atoms with van der Waals surface area (Å²) >= 11 is 0. The number of nitrogens with one attached hydrogen (secondary N) is 2. The predicted octanol–water partition coefficient (Wildman–Crippen LogP) is 3.64. The monoisotopic (exact) mass is 505 g/mol. The molecule has 8 nitrogen and oxygen atoms in total. The highest BCUT2D eigenvalue weighted by Gasteiger charge is 2.26. The Labute approximate surface area is 205 Å². The second-order valence-corrected chi connectivity index (χ2v) is 11.5. The highest BCUT2D eigenvalue weighted by molar-refractivity contribution is 7.84. The molecule has 1 fully saturated rings. The van der Waals surface area contributed by atoms with E-state index in [1.165, 1.54) is 12.3 Å². The molecule has 1 saturated heterocycles. The van der Waals surface area contributed by atoms with Crippen molar-refractivity contribution in [3.8, 4) is 11.3 Å². The van der Waals surface area contributed by atoms with Crippen molar-refractivity contribution in [3.63, 3.8) is 0 Å². The smallest absolute Gasteiger partial charge is 0.223 e. The molecule has 1 unspecified atom stereocenters. The van der Waals surface area contributed by atoms with Gasteiger partial charge in [0.15, 0.2) is 5.82 Å². The van der Waals surface area contributed by atoms with Gasteiger partial charge in [-0.15, -0.1) is 0 Å². The van der Waals surface area contributed by atoms with Crippen LogP contribution in [0.15, 0.2) is 30.6 Å². The van der Waals surface area contributed by atoms with E-state index in [2.05, 4.69) is 25.0 Å². The number of aromatic nitrogens is 3. The summed E-state index contributed by atoms with van der Waals surface area (Å²) in [5, 5.41) is 13.6. The molecule has 2 aromatic heterocycles. The molecule has 0 spiro atoms. The number of halogens is 2. The number of anilines is 1. The van der Waals surface area contributed by atoms with Crippen LogP contribution in [0.4, 0.5) is 14.7 Å². The topological polar surface area (TPSA) is 109 Å². The number of ether oxygens (including phenoxy) is 1. The Kier molecular flexibility index (Phi) is 7.41. The molecule has 11 heteroatoms. The molecule has 0 saturated carbocycles. The van der Waals surface area contributed by atoms with Gasteiger partial charge in [0.25, 0.3) is 0 Å². The summed E-state index contributed by atoms with van der Waals surface area (Å²) < 4.78 is 50.3. The number of rotatable bonds is 6. The Hall–Kier alpha value is -2.60. The van der Waals surface area contributed by atoms with Gasteiger partial charge in [0, 0.05) is 29.8 Å². The largest absolute Gasteiger partial charge is 0.389 e. The van der Waals surface area contributed by atoms with Gasteiger partial charge in [-0.05, 0) is 57.9 Å². The second kappa shape index (κ2) is 10.2. The van der Waals surface area contributed by atoms with Crippen LogP contribution in [-0.4, -0.2) is 54.4 Å². The predicted molar refractivity (Wildman–Crippen MR) is 131 cm³/mol. The molecular formula is C24H29F2N5O3S. The fourth-order valence-electron chi connectivity index (χ4n) is 3.84. The standard InChI is InChI=1S/C24H29F2N5O3S/c1-13(31-35(33)24(2,3)4)15-5-7-27-22-16(15)9-14(10-17(22)25)21-18(26)11-28-23(30-21)29-19-6-8-34-12-20(19)32/h5,7,9-11,13,19-20,31-32H,6,8,12H2,1-4H3,(H,28,29,30)/t13?,19-,20-,35+/m1/s1. The van der Waals surface area contributed by atoms with Gasteiger partial charge in [-0.1, -0.05) is 0 Å². The van der Waals surface area contributed by atoms with Crippen LogP contribution in [0, 0.1) is 11.6 Å². The molecule has 4 atom stereocenters. The number of fused-ring (bicyclic) bond motifs is 1. The van der Waals surface area contributed by atoms with E-state index >= 15 is 4.39 Å². The first kappa shape index (κ1) is 25.5. The molecule has 0 radical (unpaired) electrons. The Morgan fingerprint density at radius 2 is 2.00 bits per heavy atom. The molecule has 1 aromatic carbocycles. The lowest BCUT2D eigenvalue weighted by Crippen LogP contribution is -2.42. The number of aliphatic hydroxyl groups is 1. The first-order valence-corrected chi connectivity index (χ1v) is 12.5. The van der Waals surface area contributed by atoms with Crippen LogP contribution in [0.25, 0.3) is 22.2 Å². The van der Waals surface area contributed by atoms with Crippen LogP contribution in [-0.2, 0) is 15.7 Å². The average molecular weight is 506 g/mol. The summed E-state index contributed by atoms with van der Waals surface area (Å²) in [4.78, 5) is 12.4. The summed E-state index contributed by atoms with van der Waals surface area (Å²) in [6.45, 7) is 8.05. The number of hydrogen-bond acceptors (Lipinski definition) is 7. The zero-order valence-corrected chi connectivity index (χ0v) is 20.8. The normalized spacial score (nSPS) is 20.5. The van der Waals surface area contributed by atoms with Crippen molar-refractivity contribution in [2.75, 3.05) is 18.5 Å². The molecule has 35 heavy (non-hydrogen) atoms. The van der Waals surface area contributed by atoms with Crippen molar-refractivity contribution in [2.45, 2.75) is 57.1 Å². The molecular weight excluding hydrogens is 476 g/mol. The number of aliphatic hydroxyl groups excluding tert-OH is 1. The number of pyridine rings is 1. The number of nitrogens with zero attached hydrogens (tertiary/aromatic N) is 3. The Balaban J connectivity index is 1.72. The maximum Gasteiger partial charge on any atom is 0.223 e. The van der Waals surface area contributed by atoms with Crippen molar-refractivity contribution < 1.29 is 22.8 Å². The maximum absolute atomic E-state index is 15.1. The van der Waals surface area contributed by atoms with Crippen LogP contribution < -0.4 is 10.0 Å². The van der Waals surface area contributed by atoms with Gasteiger partial charge >= 0.3 is 0 Å². The molecule has 1 aliphatic heterocycles. The third kappa shape index (κ3) is 5.64. The van der Waals surface area contributed by atoms with Crippen LogP contribution >= 0.6 is 0 Å². The fraction of sp³-hybridized carbons (Fsp3) is 0.458. The SMILES string of the molecule is CC(N[S@@](=O)C(C)(C)C)c1ccnc2c(F)cc(-c3nc(N[C@@H]4CCOC[C@H]4O)ncc3F)cc12. The molecule has 0 amide bonds. The van der Waals surface area contributed by atoms with E-state index in [1.54, 1.807) is 12.1 Å². The zero-order valence-electron chi connectivity index (χ0n) is 20.0. The van der Waals surface area contributed by atoms with Crippen molar-refractivity contribution >= 4 is 27.8 Å². The lowest BCUT2D eigenvalue weighted by atomic mass is 10.00. The van der Waals surface area contributed by atoms with Crippen molar-refractivity contribution in [1.29, 1.82) is 0 Å². The molecule has 3 heterocycles. The minimum atomic E-state index is -1.35. The average Bonchev–Trinajstić information content (AvgIpc) is 2.80. The van der Waals surface area contributed by atoms with E-state index in [4.69, 9.17) is 4.74 Å². The van der Waals surface area contributed by atoms with Gasteiger partial charge in [-0.25, -0.2) is 27.7 Å². The van der Waals surface area contributed by atoms with Crippen LogP contribution in [0.5, 0.6) is 0 Å². The van der Waals surface area contributed by atoms with Crippen molar-refractivity contribution in [1.82, 2.24) is 19.7 Å². The molecule has 0 bridgehead atoms. The lowest BCUT2D eigenvalue weighted by Gasteiger charge is -2.28. The number of hydrogen-bond donors (Lipinski definition) is 3. The fourth-order valence-corrected chi connectivity index (χ4v) is 4.65. The Morgan fingerprint density at radius 3 is 2.71 bits per heavy atom. The van der Waals surface area contributed by atoms with E-state index in [1.807, 2.05) is 27.7 Å². The maximum atomic E-state index is 15.1. The summed E-state index contributed by atoms with van der Waals surface area (Å²) in [5.41, 5.74) is 0.925. The zero-order chi connectivity index (χ0) is 25.3. The highest BCUT2D eigenvalue weighted by atomic mass is 32.2. The molecule has 3 N–H and O–H groups in total. The van der Waals surface area contributed by atoms with E-state index in [0.29, 0.717) is 24.0 Å². The summed E-state index contributed by atoms with van der Waals surface area (Å²) in [6, 6.07) is 3.79. The van der Waals surface area contributed by atoms with E-state index < -0.39 is 39.5 Å². The van der Waals surface area contributed by atoms with Crippen molar-refractivity contribution in [3.05, 3.63) is 47.8 Å². The lowest BCUT2D eigenvalue weighted by molar-refractivity contribution is -0.0136. The van der Waals surface area contributed by atoms with Crippen LogP contribution in [0.1, 0.15) is 45.7 Å². The van der Waals surface area contributed by atoms with Gasteiger partial charge in [-0.2, -0.15) is 0 Å². The van der Waals surface area contributed by atoms with E-state index in [0.717, 1.165) is 6.20 Å². The van der Waals surface area contributed by atoms with Gasteiger partial charge in [0.2, 0.25) is 5.95 Å². The number of benzene rings is 1. The van der Waals surface area contributed by atoms with Gasteiger partial charge in [0.1, 0.15) is 17.0 Å². The van der Waals surface area contributed by atoms with Crippen LogP contribution in [0.2, 0.25) is 0 Å². The molecule has 0 aliphatic carbocycles. The molecule has 3 aromatic rings. The summed E-state index contributed by atoms with van der Waals surface area (Å²) in [5.74, 6) is -1.22. The highest BCUT2D eigenvalue weighted by Crippen LogP contribution is 2.31. The first-order valence-electron chi connectivity index (χ1n) is 11.4. The second-order valence-electron chi connectivity index (χ2n) is 9.55. The van der Waals surface area contributed by atoms with Gasteiger partial charge in [0.05, 0.1) is 40.7 Å². The Bertz CT molecular complexity index is 1250. The van der Waals surface area contributed by atoms with E-state index in [9.17, 15) is 13.7 Å². The summed E-state index contributed by atoms with van der Waals surface area (Å²) in [6.07, 6.45) is 2.29. The summed E-state index contributed by atoms with van der Waals surface area (Å²) in [7, 11) is -1.35. The molecule has 1 aliphatic rings. The quantitative estimate of drug-likeness (QED) is 0.469. The molecule has 4 rings (SSSR count). The minimum Gasteiger partial charge on any atom is -0.389 e. The van der Waals surface area contributed by atoms with Gasteiger partial charge in [-0.3, -0.25) is 4.98 Å². The van der Waals surface area contributed by atoms with E-state index in [-0.39, 0.29) is 35.4 Å².